The summed E-state index contributed by atoms with van der Waals surface area (Å²) in [5.74, 6) is 2.14. The molecule has 1 heterocycles. The summed E-state index contributed by atoms with van der Waals surface area (Å²) in [5, 5.41) is 0. The van der Waals surface area contributed by atoms with Crippen LogP contribution in [0.3, 0.4) is 0 Å². The van der Waals surface area contributed by atoms with E-state index in [2.05, 4.69) is 18.7 Å². The molecule has 0 aromatic heterocycles. The van der Waals surface area contributed by atoms with Crippen molar-refractivity contribution in [3.05, 3.63) is 0 Å². The van der Waals surface area contributed by atoms with E-state index in [1.807, 2.05) is 0 Å². The molecule has 19 heavy (non-hydrogen) atoms. The highest BCUT2D eigenvalue weighted by molar-refractivity contribution is 5.79. The van der Waals surface area contributed by atoms with Gasteiger partial charge in [0.15, 0.2) is 0 Å². The van der Waals surface area contributed by atoms with Crippen LogP contribution in [0.1, 0.15) is 58.8 Å². The molecule has 1 aliphatic heterocycles. The largest absolute Gasteiger partial charge is 0.342 e. The number of hydrogen-bond donors (Lipinski definition) is 1. The number of hydrogen-bond acceptors (Lipinski definition) is 2. The Labute approximate surface area is 117 Å². The molecule has 1 saturated heterocycles. The first-order valence-electron chi connectivity index (χ1n) is 8.12. The van der Waals surface area contributed by atoms with Crippen molar-refractivity contribution in [3.8, 4) is 0 Å². The van der Waals surface area contributed by atoms with E-state index >= 15 is 0 Å². The Morgan fingerprint density at radius 2 is 1.89 bits per heavy atom. The molecule has 0 spiro atoms. The highest BCUT2D eigenvalue weighted by Gasteiger charge is 2.30. The zero-order valence-electron chi connectivity index (χ0n) is 12.6. The van der Waals surface area contributed by atoms with Gasteiger partial charge in [-0.2, -0.15) is 0 Å². The van der Waals surface area contributed by atoms with Gasteiger partial charge < -0.3 is 10.6 Å². The molecule has 0 radical (unpaired) electrons. The molecular formula is C16H30N2O. The molecule has 2 rings (SSSR count). The molecule has 3 atom stereocenters. The minimum atomic E-state index is 0.208. The maximum atomic E-state index is 12.6. The Bertz CT molecular complexity index is 303. The van der Waals surface area contributed by atoms with Gasteiger partial charge in [0.05, 0.1) is 0 Å². The normalized spacial score (nSPS) is 33.3. The van der Waals surface area contributed by atoms with Gasteiger partial charge in [0.25, 0.3) is 0 Å². The first-order chi connectivity index (χ1) is 9.08. The topological polar surface area (TPSA) is 46.3 Å². The van der Waals surface area contributed by atoms with Crippen LogP contribution in [0.4, 0.5) is 0 Å². The number of nitrogens with zero attached hydrogens (tertiary/aromatic N) is 1. The Morgan fingerprint density at radius 1 is 1.11 bits per heavy atom. The van der Waals surface area contributed by atoms with Crippen LogP contribution in [0.5, 0.6) is 0 Å². The zero-order chi connectivity index (χ0) is 13.8. The Kier molecular flexibility index (Phi) is 5.26. The minimum Gasteiger partial charge on any atom is -0.342 e. The summed E-state index contributed by atoms with van der Waals surface area (Å²) in [6, 6.07) is 0.248. The monoisotopic (exact) mass is 266 g/mol. The molecule has 3 heteroatoms. The molecule has 2 aliphatic rings. The SMILES string of the molecule is CC(C)C1CCCN(C(=O)C2CCCC(N)C2)CC1. The Hall–Kier alpha value is -0.570. The molecule has 3 nitrogen and oxygen atoms in total. The van der Waals surface area contributed by atoms with Gasteiger partial charge in [-0.25, -0.2) is 0 Å². The van der Waals surface area contributed by atoms with E-state index in [1.54, 1.807) is 0 Å². The molecule has 3 unspecified atom stereocenters. The molecule has 2 N–H and O–H groups in total. The van der Waals surface area contributed by atoms with Crippen LogP contribution in [-0.2, 0) is 4.79 Å². The third kappa shape index (κ3) is 3.95. The van der Waals surface area contributed by atoms with Gasteiger partial charge in [-0.15, -0.1) is 0 Å². The lowest BCUT2D eigenvalue weighted by Gasteiger charge is -2.31. The number of nitrogens with two attached hydrogens (primary N) is 1. The third-order valence-electron chi connectivity index (χ3n) is 5.09. The number of carbonyl (C=O) groups excluding carboxylic acids is 1. The number of amides is 1. The summed E-state index contributed by atoms with van der Waals surface area (Å²) >= 11 is 0. The lowest BCUT2D eigenvalue weighted by Crippen LogP contribution is -2.41. The van der Waals surface area contributed by atoms with Crippen molar-refractivity contribution in [1.29, 1.82) is 0 Å². The second-order valence-electron chi connectivity index (χ2n) is 6.88. The van der Waals surface area contributed by atoms with E-state index < -0.39 is 0 Å². The summed E-state index contributed by atoms with van der Waals surface area (Å²) in [6.07, 6.45) is 7.82. The fourth-order valence-corrected chi connectivity index (χ4v) is 3.72. The first kappa shape index (κ1) is 14.8. The van der Waals surface area contributed by atoms with Gasteiger partial charge in [0.1, 0.15) is 0 Å². The number of rotatable bonds is 2. The van der Waals surface area contributed by atoms with E-state index in [-0.39, 0.29) is 12.0 Å². The number of likely N-dealkylation sites (tertiary alicyclic amines) is 1. The fourth-order valence-electron chi connectivity index (χ4n) is 3.72. The Morgan fingerprint density at radius 3 is 2.58 bits per heavy atom. The highest BCUT2D eigenvalue weighted by Crippen LogP contribution is 2.28. The highest BCUT2D eigenvalue weighted by atomic mass is 16.2. The molecule has 0 aromatic carbocycles. The molecule has 2 fully saturated rings. The van der Waals surface area contributed by atoms with Crippen LogP contribution in [0, 0.1) is 17.8 Å². The zero-order valence-corrected chi connectivity index (χ0v) is 12.6. The minimum absolute atomic E-state index is 0.208. The van der Waals surface area contributed by atoms with E-state index in [0.717, 1.165) is 50.6 Å². The predicted molar refractivity (Wildman–Crippen MR) is 78.7 cm³/mol. The van der Waals surface area contributed by atoms with Gasteiger partial charge in [0.2, 0.25) is 5.91 Å². The van der Waals surface area contributed by atoms with Crippen molar-refractivity contribution >= 4 is 5.91 Å². The fraction of sp³-hybridized carbons (Fsp3) is 0.938. The number of carbonyl (C=O) groups is 1. The van der Waals surface area contributed by atoms with Gasteiger partial charge >= 0.3 is 0 Å². The van der Waals surface area contributed by atoms with E-state index in [1.165, 1.54) is 19.3 Å². The standard InChI is InChI=1S/C16H30N2O/c1-12(2)13-6-4-9-18(10-8-13)16(19)14-5-3-7-15(17)11-14/h12-15H,3-11,17H2,1-2H3. The average Bonchev–Trinajstić information content (AvgIpc) is 2.63. The molecule has 0 bridgehead atoms. The lowest BCUT2D eigenvalue weighted by atomic mass is 9.85. The van der Waals surface area contributed by atoms with Crippen molar-refractivity contribution in [1.82, 2.24) is 4.90 Å². The average molecular weight is 266 g/mol. The smallest absolute Gasteiger partial charge is 0.225 e. The molecule has 1 saturated carbocycles. The van der Waals surface area contributed by atoms with Crippen molar-refractivity contribution < 1.29 is 4.79 Å². The van der Waals surface area contributed by atoms with E-state index in [9.17, 15) is 4.79 Å². The summed E-state index contributed by atoms with van der Waals surface area (Å²) in [7, 11) is 0. The first-order valence-corrected chi connectivity index (χ1v) is 8.12. The van der Waals surface area contributed by atoms with Crippen molar-refractivity contribution in [3.63, 3.8) is 0 Å². The molecule has 1 aliphatic carbocycles. The summed E-state index contributed by atoms with van der Waals surface area (Å²) < 4.78 is 0. The van der Waals surface area contributed by atoms with Crippen LogP contribution in [-0.4, -0.2) is 29.9 Å². The predicted octanol–water partition coefficient (Wildman–Crippen LogP) is 2.79. The molecule has 1 amide bonds. The van der Waals surface area contributed by atoms with Crippen LogP contribution in [0.2, 0.25) is 0 Å². The van der Waals surface area contributed by atoms with Crippen LogP contribution >= 0.6 is 0 Å². The second-order valence-corrected chi connectivity index (χ2v) is 6.88. The molecule has 110 valence electrons. The van der Waals surface area contributed by atoms with E-state index in [4.69, 9.17) is 5.73 Å². The lowest BCUT2D eigenvalue weighted by molar-refractivity contribution is -0.136. The third-order valence-corrected chi connectivity index (χ3v) is 5.09. The summed E-state index contributed by atoms with van der Waals surface area (Å²) in [5.41, 5.74) is 6.01. The van der Waals surface area contributed by atoms with Gasteiger partial charge in [-0.05, 0) is 50.4 Å². The maximum Gasteiger partial charge on any atom is 0.225 e. The van der Waals surface area contributed by atoms with Gasteiger partial charge in [-0.1, -0.05) is 20.3 Å². The molecular weight excluding hydrogens is 236 g/mol. The van der Waals surface area contributed by atoms with Gasteiger partial charge in [0, 0.05) is 25.0 Å². The van der Waals surface area contributed by atoms with Gasteiger partial charge in [-0.3, -0.25) is 4.79 Å². The van der Waals surface area contributed by atoms with Crippen molar-refractivity contribution in [2.24, 2.45) is 23.5 Å². The summed E-state index contributed by atoms with van der Waals surface area (Å²) in [4.78, 5) is 14.7. The quantitative estimate of drug-likeness (QED) is 0.835. The van der Waals surface area contributed by atoms with Crippen molar-refractivity contribution in [2.45, 2.75) is 64.8 Å². The van der Waals surface area contributed by atoms with E-state index in [0.29, 0.717) is 5.91 Å². The summed E-state index contributed by atoms with van der Waals surface area (Å²) in [6.45, 7) is 6.55. The van der Waals surface area contributed by atoms with Crippen LogP contribution in [0.15, 0.2) is 0 Å². The maximum absolute atomic E-state index is 12.6. The second kappa shape index (κ2) is 6.74. The van der Waals surface area contributed by atoms with Crippen molar-refractivity contribution in [2.75, 3.05) is 13.1 Å². The van der Waals surface area contributed by atoms with Crippen LogP contribution < -0.4 is 5.73 Å². The van der Waals surface area contributed by atoms with Crippen LogP contribution in [0.25, 0.3) is 0 Å². The molecule has 0 aromatic rings. The Balaban J connectivity index is 1.88.